The van der Waals surface area contributed by atoms with E-state index in [4.69, 9.17) is 9.47 Å². The Labute approximate surface area is 107 Å². The Kier molecular flexibility index (Phi) is 6.00. The van der Waals surface area contributed by atoms with Crippen LogP contribution in [0.1, 0.15) is 13.3 Å². The Morgan fingerprint density at radius 3 is 2.56 bits per heavy atom. The third-order valence-corrected chi connectivity index (χ3v) is 3.32. The third kappa shape index (κ3) is 6.29. The van der Waals surface area contributed by atoms with Crippen molar-refractivity contribution in [2.45, 2.75) is 19.4 Å². The maximum atomic E-state index is 11.2. The molecule has 1 heterocycles. The second kappa shape index (κ2) is 7.03. The van der Waals surface area contributed by atoms with Crippen molar-refractivity contribution >= 4 is 16.1 Å². The van der Waals surface area contributed by atoms with E-state index in [-0.39, 0.29) is 13.0 Å². The molecule has 1 aliphatic rings. The van der Waals surface area contributed by atoms with Gasteiger partial charge in [-0.25, -0.2) is 8.42 Å². The van der Waals surface area contributed by atoms with Gasteiger partial charge in [0.1, 0.15) is 6.10 Å². The van der Waals surface area contributed by atoms with E-state index < -0.39 is 27.9 Å². The molecule has 0 bridgehead atoms. The normalized spacial score (nSPS) is 19.4. The van der Waals surface area contributed by atoms with Crippen molar-refractivity contribution in [2.75, 3.05) is 38.6 Å². The molecule has 18 heavy (non-hydrogen) atoms. The van der Waals surface area contributed by atoms with Gasteiger partial charge in [-0.15, -0.1) is 0 Å². The number of ether oxygens (including phenoxy) is 2. The molecule has 0 aromatic heterocycles. The molecule has 0 amide bonds. The van der Waals surface area contributed by atoms with Crippen molar-refractivity contribution < 1.29 is 27.2 Å². The molecule has 1 aliphatic heterocycles. The van der Waals surface area contributed by atoms with Gasteiger partial charge in [0, 0.05) is 26.1 Å². The first-order valence-electron chi connectivity index (χ1n) is 5.84. The van der Waals surface area contributed by atoms with Gasteiger partial charge in [-0.2, -0.15) is 0 Å². The average molecular weight is 280 g/mol. The van der Waals surface area contributed by atoms with Crippen LogP contribution in [0.3, 0.4) is 0 Å². The van der Waals surface area contributed by atoms with E-state index in [1.807, 2.05) is 4.90 Å². The first-order chi connectivity index (χ1) is 8.40. The van der Waals surface area contributed by atoms with Gasteiger partial charge < -0.3 is 14.0 Å². The minimum atomic E-state index is -4.41. The summed E-state index contributed by atoms with van der Waals surface area (Å²) in [4.78, 5) is 13.1. The first kappa shape index (κ1) is 15.4. The zero-order chi connectivity index (χ0) is 13.6. The lowest BCUT2D eigenvalue weighted by Gasteiger charge is -2.30. The van der Waals surface area contributed by atoms with E-state index in [1.165, 1.54) is 0 Å². The third-order valence-electron chi connectivity index (χ3n) is 2.54. The van der Waals surface area contributed by atoms with Crippen LogP contribution in [-0.2, 0) is 24.4 Å². The average Bonchev–Trinajstić information content (AvgIpc) is 2.27. The molecule has 1 rings (SSSR count). The number of rotatable bonds is 6. The SMILES string of the molecule is CCC(=O)OC(CN1CCOCC1)CS(=O)(=O)[O-]. The summed E-state index contributed by atoms with van der Waals surface area (Å²) in [5.41, 5.74) is 0. The molecule has 0 spiro atoms. The summed E-state index contributed by atoms with van der Waals surface area (Å²) in [7, 11) is -4.41. The highest BCUT2D eigenvalue weighted by molar-refractivity contribution is 7.85. The predicted molar refractivity (Wildman–Crippen MR) is 62.0 cm³/mol. The van der Waals surface area contributed by atoms with Crippen molar-refractivity contribution in [1.29, 1.82) is 0 Å². The molecule has 1 unspecified atom stereocenters. The van der Waals surface area contributed by atoms with E-state index >= 15 is 0 Å². The number of morpholine rings is 1. The molecule has 106 valence electrons. The summed E-state index contributed by atoms with van der Waals surface area (Å²) < 4.78 is 42.4. The van der Waals surface area contributed by atoms with E-state index in [1.54, 1.807) is 6.92 Å². The maximum absolute atomic E-state index is 11.2. The molecule has 0 aromatic carbocycles. The molecule has 0 aromatic rings. The fraction of sp³-hybridized carbons (Fsp3) is 0.900. The van der Waals surface area contributed by atoms with Gasteiger partial charge in [-0.05, 0) is 0 Å². The summed E-state index contributed by atoms with van der Waals surface area (Å²) in [6, 6.07) is 0. The Hall–Kier alpha value is -0.700. The number of carbonyl (C=O) groups is 1. The molecule has 1 saturated heterocycles. The van der Waals surface area contributed by atoms with Crippen molar-refractivity contribution in [3.8, 4) is 0 Å². The van der Waals surface area contributed by atoms with Crippen molar-refractivity contribution in [2.24, 2.45) is 0 Å². The molecule has 8 heteroatoms. The number of esters is 1. The second-order valence-corrected chi connectivity index (χ2v) is 5.55. The van der Waals surface area contributed by atoms with Gasteiger partial charge in [-0.1, -0.05) is 6.92 Å². The van der Waals surface area contributed by atoms with Crippen molar-refractivity contribution in [1.82, 2.24) is 4.90 Å². The molecule has 0 radical (unpaired) electrons. The van der Waals surface area contributed by atoms with Crippen LogP contribution in [0, 0.1) is 0 Å². The number of nitrogens with zero attached hydrogens (tertiary/aromatic N) is 1. The summed E-state index contributed by atoms with van der Waals surface area (Å²) >= 11 is 0. The second-order valence-electron chi connectivity index (χ2n) is 4.10. The molecular weight excluding hydrogens is 262 g/mol. The summed E-state index contributed by atoms with van der Waals surface area (Å²) in [6.45, 7) is 4.24. The maximum Gasteiger partial charge on any atom is 0.305 e. The fourth-order valence-electron chi connectivity index (χ4n) is 1.69. The predicted octanol–water partition coefficient (Wildman–Crippen LogP) is -0.814. The molecule has 0 N–H and O–H groups in total. The topological polar surface area (TPSA) is 96.0 Å². The molecule has 0 aliphatic carbocycles. The lowest BCUT2D eigenvalue weighted by Crippen LogP contribution is -2.44. The van der Waals surface area contributed by atoms with E-state index in [2.05, 4.69) is 0 Å². The van der Waals surface area contributed by atoms with Crippen LogP contribution in [0.4, 0.5) is 0 Å². The van der Waals surface area contributed by atoms with Crippen molar-refractivity contribution in [3.63, 3.8) is 0 Å². The molecule has 7 nitrogen and oxygen atoms in total. The van der Waals surface area contributed by atoms with Gasteiger partial charge in [0.05, 0.1) is 29.1 Å². The van der Waals surface area contributed by atoms with E-state index in [0.717, 1.165) is 0 Å². The monoisotopic (exact) mass is 280 g/mol. The fourth-order valence-corrected chi connectivity index (χ4v) is 2.32. The van der Waals surface area contributed by atoms with Crippen LogP contribution in [-0.4, -0.2) is 68.5 Å². The Balaban J connectivity index is 2.55. The smallest absolute Gasteiger partial charge is 0.305 e. The Bertz CT molecular complexity index is 363. The zero-order valence-corrected chi connectivity index (χ0v) is 11.1. The van der Waals surface area contributed by atoms with Crippen LogP contribution < -0.4 is 0 Å². The van der Waals surface area contributed by atoms with Gasteiger partial charge in [-0.3, -0.25) is 9.69 Å². The van der Waals surface area contributed by atoms with Crippen LogP contribution in [0.25, 0.3) is 0 Å². The lowest BCUT2D eigenvalue weighted by atomic mass is 10.3. The number of carbonyl (C=O) groups excluding carboxylic acids is 1. The highest BCUT2D eigenvalue weighted by Gasteiger charge is 2.21. The molecular formula is C10H18NO6S-. The van der Waals surface area contributed by atoms with Crippen LogP contribution in [0.2, 0.25) is 0 Å². The minimum absolute atomic E-state index is 0.151. The van der Waals surface area contributed by atoms with Gasteiger partial charge in [0.25, 0.3) is 0 Å². The summed E-state index contributed by atoms with van der Waals surface area (Å²) in [5.74, 6) is -1.19. The van der Waals surface area contributed by atoms with Crippen molar-refractivity contribution in [3.05, 3.63) is 0 Å². The molecule has 0 saturated carbocycles. The van der Waals surface area contributed by atoms with E-state index in [9.17, 15) is 17.8 Å². The number of hydrogen-bond acceptors (Lipinski definition) is 7. The van der Waals surface area contributed by atoms with Gasteiger partial charge >= 0.3 is 5.97 Å². The largest absolute Gasteiger partial charge is 0.748 e. The quantitative estimate of drug-likeness (QED) is 0.463. The highest BCUT2D eigenvalue weighted by Crippen LogP contribution is 2.05. The van der Waals surface area contributed by atoms with Crippen LogP contribution in [0.15, 0.2) is 0 Å². The van der Waals surface area contributed by atoms with Gasteiger partial charge in [0.2, 0.25) is 0 Å². The first-order valence-corrected chi connectivity index (χ1v) is 7.41. The van der Waals surface area contributed by atoms with Crippen LogP contribution in [0.5, 0.6) is 0 Å². The van der Waals surface area contributed by atoms with Gasteiger partial charge in [0.15, 0.2) is 0 Å². The summed E-state index contributed by atoms with van der Waals surface area (Å²) in [5, 5.41) is 0. The van der Waals surface area contributed by atoms with Crippen LogP contribution >= 0.6 is 0 Å². The lowest BCUT2D eigenvalue weighted by molar-refractivity contribution is -0.148. The number of hydrogen-bond donors (Lipinski definition) is 0. The standard InChI is InChI=1S/C10H19NO6S/c1-2-10(12)17-9(8-18(13,14)15)7-11-3-5-16-6-4-11/h9H,2-8H2,1H3,(H,13,14,15)/p-1. The minimum Gasteiger partial charge on any atom is -0.748 e. The summed E-state index contributed by atoms with van der Waals surface area (Å²) in [6.07, 6.45) is -0.753. The van der Waals surface area contributed by atoms with E-state index in [0.29, 0.717) is 26.3 Å². The Morgan fingerprint density at radius 2 is 2.06 bits per heavy atom. The highest BCUT2D eigenvalue weighted by atomic mass is 32.2. The Morgan fingerprint density at radius 1 is 1.44 bits per heavy atom. The molecule has 1 atom stereocenters. The zero-order valence-electron chi connectivity index (χ0n) is 10.3. The molecule has 1 fully saturated rings.